The minimum atomic E-state index is -0.162. The van der Waals surface area contributed by atoms with Gasteiger partial charge in [0.15, 0.2) is 0 Å². The van der Waals surface area contributed by atoms with Crippen molar-refractivity contribution in [2.45, 2.75) is 20.5 Å². The van der Waals surface area contributed by atoms with Gasteiger partial charge in [0.25, 0.3) is 0 Å². The number of aromatic nitrogens is 3. The third-order valence-electron chi connectivity index (χ3n) is 5.24. The van der Waals surface area contributed by atoms with Gasteiger partial charge in [-0.05, 0) is 49.8 Å². The van der Waals surface area contributed by atoms with Crippen LogP contribution in [0, 0.1) is 24.4 Å². The molecule has 0 unspecified atom stereocenters. The van der Waals surface area contributed by atoms with Crippen molar-refractivity contribution < 1.29 is 4.39 Å². The monoisotopic (exact) mass is 397 g/mol. The number of halogens is 1. The van der Waals surface area contributed by atoms with Crippen LogP contribution < -0.4 is 4.90 Å². The molecule has 1 fully saturated rings. The minimum Gasteiger partial charge on any atom is -0.367 e. The lowest BCUT2D eigenvalue weighted by Gasteiger charge is -2.35. The van der Waals surface area contributed by atoms with E-state index in [1.165, 1.54) is 17.2 Å². The van der Waals surface area contributed by atoms with Crippen molar-refractivity contribution >= 4 is 17.9 Å². The van der Waals surface area contributed by atoms with E-state index in [2.05, 4.69) is 46.9 Å². The van der Waals surface area contributed by atoms with Gasteiger partial charge in [-0.2, -0.15) is 5.10 Å². The number of hydrogen-bond donors (Lipinski definition) is 0. The van der Waals surface area contributed by atoms with E-state index in [1.807, 2.05) is 21.4 Å². The van der Waals surface area contributed by atoms with E-state index >= 15 is 0 Å². The second kappa shape index (κ2) is 7.85. The average molecular weight is 398 g/mol. The van der Waals surface area contributed by atoms with Gasteiger partial charge in [-0.25, -0.2) is 9.07 Å². The third kappa shape index (κ3) is 3.72. The molecule has 0 N–H and O–H groups in total. The van der Waals surface area contributed by atoms with Gasteiger partial charge in [0.2, 0.25) is 4.77 Å². The molecule has 146 valence electrons. The molecule has 7 heteroatoms. The van der Waals surface area contributed by atoms with Crippen LogP contribution in [0.4, 0.5) is 10.1 Å². The summed E-state index contributed by atoms with van der Waals surface area (Å²) < 4.78 is 18.5. The molecule has 5 nitrogen and oxygen atoms in total. The summed E-state index contributed by atoms with van der Waals surface area (Å²) in [5.74, 6) is -0.162. The van der Waals surface area contributed by atoms with Crippen molar-refractivity contribution in [1.82, 2.24) is 19.2 Å². The average Bonchev–Trinajstić information content (AvgIpc) is 3.03. The Morgan fingerprint density at radius 3 is 2.46 bits per heavy atom. The number of rotatable bonds is 4. The first-order valence-corrected chi connectivity index (χ1v) is 9.87. The first-order chi connectivity index (χ1) is 13.5. The van der Waals surface area contributed by atoms with Crippen molar-refractivity contribution in [3.05, 3.63) is 70.5 Å². The number of hydrogen-bond acceptors (Lipinski definition) is 4. The van der Waals surface area contributed by atoms with E-state index < -0.39 is 0 Å². The lowest BCUT2D eigenvalue weighted by Crippen LogP contribution is -2.47. The van der Waals surface area contributed by atoms with Crippen molar-refractivity contribution in [3.8, 4) is 5.69 Å². The highest BCUT2D eigenvalue weighted by Crippen LogP contribution is 2.20. The molecule has 1 aliphatic heterocycles. The van der Waals surface area contributed by atoms with Crippen molar-refractivity contribution in [1.29, 1.82) is 0 Å². The number of nitrogens with zero attached hydrogens (tertiary/aromatic N) is 5. The molecule has 1 aromatic heterocycles. The fourth-order valence-electron chi connectivity index (χ4n) is 3.70. The van der Waals surface area contributed by atoms with Crippen LogP contribution >= 0.6 is 12.2 Å². The fraction of sp³-hybridized carbons (Fsp3) is 0.333. The molecule has 0 radical (unpaired) electrons. The van der Waals surface area contributed by atoms with Crippen LogP contribution in [0.5, 0.6) is 0 Å². The lowest BCUT2D eigenvalue weighted by atomic mass is 10.1. The zero-order valence-electron chi connectivity index (χ0n) is 16.2. The number of anilines is 1. The Bertz CT molecular complexity index is 1030. The summed E-state index contributed by atoms with van der Waals surface area (Å²) in [4.78, 5) is 4.39. The molecule has 2 aromatic carbocycles. The molecular weight excluding hydrogens is 373 g/mol. The Morgan fingerprint density at radius 2 is 1.75 bits per heavy atom. The van der Waals surface area contributed by atoms with Gasteiger partial charge in [0.05, 0.1) is 18.0 Å². The Hall–Kier alpha value is -2.51. The van der Waals surface area contributed by atoms with Crippen molar-refractivity contribution in [3.63, 3.8) is 0 Å². The van der Waals surface area contributed by atoms with E-state index in [0.717, 1.165) is 31.9 Å². The van der Waals surface area contributed by atoms with Gasteiger partial charge in [0, 0.05) is 26.2 Å². The Morgan fingerprint density at radius 1 is 1.00 bits per heavy atom. The summed E-state index contributed by atoms with van der Waals surface area (Å²) in [6.07, 6.45) is 1.79. The number of para-hydroxylation sites is 1. The van der Waals surface area contributed by atoms with E-state index in [-0.39, 0.29) is 5.82 Å². The zero-order valence-corrected chi connectivity index (χ0v) is 17.0. The molecule has 28 heavy (non-hydrogen) atoms. The molecule has 0 saturated carbocycles. The highest BCUT2D eigenvalue weighted by Gasteiger charge is 2.20. The standard InChI is InChI=1S/C21H24FN5S/c1-16-7-8-19(17(2)13-16)26-14-23-27(21(26)28)15-24-9-11-25(12-10-24)20-6-4-3-5-18(20)22/h3-8,13-14H,9-12,15H2,1-2H3. The molecule has 2 heterocycles. The molecule has 1 aliphatic rings. The molecule has 0 amide bonds. The minimum absolute atomic E-state index is 0.162. The van der Waals surface area contributed by atoms with Crippen LogP contribution in [0.25, 0.3) is 5.69 Å². The molecule has 3 aromatic rings. The molecule has 0 spiro atoms. The highest BCUT2D eigenvalue weighted by atomic mass is 32.1. The van der Waals surface area contributed by atoms with E-state index in [4.69, 9.17) is 12.2 Å². The second-order valence-corrected chi connectivity index (χ2v) is 7.64. The van der Waals surface area contributed by atoms with Crippen LogP contribution in [0.3, 0.4) is 0 Å². The van der Waals surface area contributed by atoms with Gasteiger partial charge >= 0.3 is 0 Å². The first kappa shape index (κ1) is 18.8. The van der Waals surface area contributed by atoms with Gasteiger partial charge in [-0.15, -0.1) is 0 Å². The summed E-state index contributed by atoms with van der Waals surface area (Å²) in [7, 11) is 0. The molecular formula is C21H24FN5S. The molecule has 0 bridgehead atoms. The van der Waals surface area contributed by atoms with Crippen LogP contribution in [-0.4, -0.2) is 45.4 Å². The molecule has 0 aliphatic carbocycles. The Balaban J connectivity index is 1.44. The van der Waals surface area contributed by atoms with Gasteiger partial charge in [0.1, 0.15) is 12.1 Å². The molecule has 0 atom stereocenters. The Labute approximate surface area is 169 Å². The summed E-state index contributed by atoms with van der Waals surface area (Å²) in [6.45, 7) is 8.06. The smallest absolute Gasteiger partial charge is 0.203 e. The predicted octanol–water partition coefficient (Wildman–Crippen LogP) is 3.94. The predicted molar refractivity (Wildman–Crippen MR) is 112 cm³/mol. The van der Waals surface area contributed by atoms with E-state index in [0.29, 0.717) is 17.1 Å². The fourth-order valence-corrected chi connectivity index (χ4v) is 3.95. The maximum absolute atomic E-state index is 14.0. The van der Waals surface area contributed by atoms with Crippen molar-refractivity contribution in [2.24, 2.45) is 0 Å². The summed E-state index contributed by atoms with van der Waals surface area (Å²) in [5, 5.41) is 4.50. The first-order valence-electron chi connectivity index (χ1n) is 9.47. The van der Waals surface area contributed by atoms with Gasteiger partial charge in [-0.3, -0.25) is 9.47 Å². The maximum Gasteiger partial charge on any atom is 0.203 e. The van der Waals surface area contributed by atoms with E-state index in [9.17, 15) is 4.39 Å². The zero-order chi connectivity index (χ0) is 19.7. The summed E-state index contributed by atoms with van der Waals surface area (Å²) in [6, 6.07) is 13.3. The normalized spacial score (nSPS) is 15.2. The third-order valence-corrected chi connectivity index (χ3v) is 5.65. The van der Waals surface area contributed by atoms with E-state index in [1.54, 1.807) is 12.4 Å². The maximum atomic E-state index is 14.0. The highest BCUT2D eigenvalue weighted by molar-refractivity contribution is 7.71. The van der Waals surface area contributed by atoms with Crippen LogP contribution in [0.15, 0.2) is 48.8 Å². The lowest BCUT2D eigenvalue weighted by molar-refractivity contribution is 0.194. The summed E-state index contributed by atoms with van der Waals surface area (Å²) in [5.41, 5.74) is 4.14. The number of aryl methyl sites for hydroxylation is 2. The number of piperazine rings is 1. The number of benzene rings is 2. The molecule has 4 rings (SSSR count). The van der Waals surface area contributed by atoms with Crippen LogP contribution in [-0.2, 0) is 6.67 Å². The van der Waals surface area contributed by atoms with Gasteiger partial charge in [-0.1, -0.05) is 29.8 Å². The van der Waals surface area contributed by atoms with Crippen molar-refractivity contribution in [2.75, 3.05) is 31.1 Å². The SMILES string of the molecule is Cc1ccc(-n2cnn(CN3CCN(c4ccccc4F)CC3)c2=S)c(C)c1. The van der Waals surface area contributed by atoms with Crippen LogP contribution in [0.2, 0.25) is 0 Å². The largest absolute Gasteiger partial charge is 0.367 e. The Kier molecular flexibility index (Phi) is 5.28. The summed E-state index contributed by atoms with van der Waals surface area (Å²) >= 11 is 5.66. The molecule has 1 saturated heterocycles. The second-order valence-electron chi connectivity index (χ2n) is 7.27. The van der Waals surface area contributed by atoms with Crippen LogP contribution in [0.1, 0.15) is 11.1 Å². The quantitative estimate of drug-likeness (QED) is 0.624. The van der Waals surface area contributed by atoms with Gasteiger partial charge < -0.3 is 4.90 Å². The topological polar surface area (TPSA) is 29.2 Å².